The molecule has 0 atom stereocenters. The molecule has 156 valence electrons. The number of rotatable bonds is 7. The lowest BCUT2D eigenvalue weighted by Gasteiger charge is -2.32. The number of benzene rings is 2. The van der Waals surface area contributed by atoms with Gasteiger partial charge in [0, 0.05) is 39.3 Å². The molecule has 0 unspecified atom stereocenters. The van der Waals surface area contributed by atoms with Gasteiger partial charge in [-0.25, -0.2) is 17.9 Å². The molecule has 8 heteroatoms. The van der Waals surface area contributed by atoms with Crippen LogP contribution in [0.25, 0.3) is 0 Å². The molecule has 0 aliphatic carbocycles. The minimum absolute atomic E-state index is 0.108. The van der Waals surface area contributed by atoms with Crippen LogP contribution >= 0.6 is 0 Å². The van der Waals surface area contributed by atoms with Gasteiger partial charge in [-0.05, 0) is 42.4 Å². The Kier molecular flexibility index (Phi) is 7.02. The van der Waals surface area contributed by atoms with Crippen molar-refractivity contribution < 1.29 is 17.9 Å². The van der Waals surface area contributed by atoms with Crippen LogP contribution in [0.5, 0.6) is 0 Å². The molecule has 0 bridgehead atoms. The van der Waals surface area contributed by atoms with Crippen molar-refractivity contribution in [2.24, 2.45) is 0 Å². The summed E-state index contributed by atoms with van der Waals surface area (Å²) in [4.78, 5) is 16.3. The number of carbonyl (C=O) groups is 1. The maximum absolute atomic E-state index is 12.5. The average Bonchev–Trinajstić information content (AvgIpc) is 2.74. The van der Waals surface area contributed by atoms with Crippen LogP contribution in [0.2, 0.25) is 0 Å². The highest BCUT2D eigenvalue weighted by Gasteiger charge is 2.16. The number of hydrogen-bond donors (Lipinski definition) is 1. The van der Waals surface area contributed by atoms with Crippen molar-refractivity contribution >= 4 is 16.0 Å². The van der Waals surface area contributed by atoms with Crippen molar-refractivity contribution in [1.82, 2.24) is 14.5 Å². The van der Waals surface area contributed by atoms with E-state index in [1.807, 2.05) is 24.3 Å². The molecule has 1 aliphatic rings. The average molecular weight is 418 g/mol. The van der Waals surface area contributed by atoms with Crippen molar-refractivity contribution in [3.63, 3.8) is 0 Å². The molecule has 29 heavy (non-hydrogen) atoms. The highest BCUT2D eigenvalue weighted by Crippen LogP contribution is 2.13. The summed E-state index contributed by atoms with van der Waals surface area (Å²) in [5.74, 6) is -0.501. The first kappa shape index (κ1) is 21.4. The first-order valence-electron chi connectivity index (χ1n) is 9.54. The van der Waals surface area contributed by atoms with Crippen LogP contribution in [0.15, 0.2) is 53.4 Å². The van der Waals surface area contributed by atoms with Gasteiger partial charge in [0.25, 0.3) is 0 Å². The molecule has 0 spiro atoms. The fourth-order valence-corrected chi connectivity index (χ4v) is 4.19. The zero-order valence-electron chi connectivity index (χ0n) is 16.8. The molecule has 0 aromatic heterocycles. The number of carbonyl (C=O) groups excluding carboxylic acids is 1. The van der Waals surface area contributed by atoms with Crippen LogP contribution in [0.4, 0.5) is 0 Å². The van der Waals surface area contributed by atoms with E-state index in [4.69, 9.17) is 0 Å². The van der Waals surface area contributed by atoms with Crippen molar-refractivity contribution in [2.45, 2.75) is 18.0 Å². The maximum Gasteiger partial charge on any atom is 0.337 e. The summed E-state index contributed by atoms with van der Waals surface area (Å²) in [5.41, 5.74) is 2.42. The zero-order chi connectivity index (χ0) is 20.9. The Morgan fingerprint density at radius 1 is 0.966 bits per heavy atom. The van der Waals surface area contributed by atoms with Crippen LogP contribution in [-0.4, -0.2) is 64.5 Å². The molecule has 1 heterocycles. The Hall–Kier alpha value is -2.26. The number of nitrogens with zero attached hydrogens (tertiary/aromatic N) is 2. The molecule has 3 rings (SSSR count). The summed E-state index contributed by atoms with van der Waals surface area (Å²) in [5, 5.41) is 0. The van der Waals surface area contributed by atoms with E-state index in [-0.39, 0.29) is 11.4 Å². The van der Waals surface area contributed by atoms with E-state index in [9.17, 15) is 13.2 Å². The summed E-state index contributed by atoms with van der Waals surface area (Å²) >= 11 is 0. The molecule has 1 N–H and O–H groups in total. The van der Waals surface area contributed by atoms with E-state index >= 15 is 0 Å². The number of likely N-dealkylation sites (N-methyl/N-ethyl adjacent to an activating group) is 1. The molecule has 0 saturated carbocycles. The summed E-state index contributed by atoms with van der Waals surface area (Å²) < 4.78 is 32.2. The van der Waals surface area contributed by atoms with E-state index in [2.05, 4.69) is 26.3 Å². The van der Waals surface area contributed by atoms with E-state index in [0.717, 1.165) is 38.3 Å². The molecular weight excluding hydrogens is 390 g/mol. The number of methoxy groups -OCH3 is 1. The number of nitrogens with one attached hydrogen (secondary N) is 1. The predicted octanol–water partition coefficient (Wildman–Crippen LogP) is 1.70. The fourth-order valence-electron chi connectivity index (χ4n) is 3.18. The van der Waals surface area contributed by atoms with Crippen LogP contribution < -0.4 is 4.72 Å². The van der Waals surface area contributed by atoms with Crippen molar-refractivity contribution in [3.05, 3.63) is 65.2 Å². The zero-order valence-corrected chi connectivity index (χ0v) is 17.6. The lowest BCUT2D eigenvalue weighted by atomic mass is 10.1. The van der Waals surface area contributed by atoms with Gasteiger partial charge in [0.05, 0.1) is 17.6 Å². The topological polar surface area (TPSA) is 78.9 Å². The largest absolute Gasteiger partial charge is 0.465 e. The highest BCUT2D eigenvalue weighted by molar-refractivity contribution is 7.89. The van der Waals surface area contributed by atoms with E-state index in [1.165, 1.54) is 36.9 Å². The maximum atomic E-state index is 12.5. The second kappa shape index (κ2) is 9.49. The highest BCUT2D eigenvalue weighted by atomic mass is 32.2. The van der Waals surface area contributed by atoms with Gasteiger partial charge in [-0.2, -0.15) is 0 Å². The molecule has 7 nitrogen and oxygen atoms in total. The Morgan fingerprint density at radius 2 is 1.55 bits per heavy atom. The van der Waals surface area contributed by atoms with Gasteiger partial charge in [0.15, 0.2) is 0 Å². The van der Waals surface area contributed by atoms with Gasteiger partial charge >= 0.3 is 5.97 Å². The summed E-state index contributed by atoms with van der Waals surface area (Å²) in [7, 11) is -0.238. The third-order valence-corrected chi connectivity index (χ3v) is 6.49. The van der Waals surface area contributed by atoms with Crippen molar-refractivity contribution in [1.29, 1.82) is 0 Å². The fraction of sp³-hybridized carbons (Fsp3) is 0.381. The Balaban J connectivity index is 1.55. The predicted molar refractivity (Wildman–Crippen MR) is 111 cm³/mol. The molecule has 1 saturated heterocycles. The quantitative estimate of drug-likeness (QED) is 0.691. The van der Waals surface area contributed by atoms with E-state index in [1.54, 1.807) is 0 Å². The second-order valence-electron chi connectivity index (χ2n) is 7.24. The number of piperazine rings is 1. The van der Waals surface area contributed by atoms with E-state index in [0.29, 0.717) is 5.56 Å². The molecule has 0 amide bonds. The Labute approximate surface area is 172 Å². The van der Waals surface area contributed by atoms with Crippen LogP contribution in [0, 0.1) is 0 Å². The minimum atomic E-state index is -3.66. The van der Waals surface area contributed by atoms with Gasteiger partial charge in [0.2, 0.25) is 10.0 Å². The summed E-state index contributed by atoms with van der Waals surface area (Å²) in [6.07, 6.45) is 0. The first-order valence-corrected chi connectivity index (χ1v) is 11.0. The number of hydrogen-bond acceptors (Lipinski definition) is 6. The second-order valence-corrected chi connectivity index (χ2v) is 9.00. The summed E-state index contributed by atoms with van der Waals surface area (Å²) in [6, 6.07) is 13.7. The lowest BCUT2D eigenvalue weighted by Crippen LogP contribution is -2.43. The third-order valence-electron chi connectivity index (χ3n) is 5.08. The minimum Gasteiger partial charge on any atom is -0.465 e. The van der Waals surface area contributed by atoms with Gasteiger partial charge < -0.3 is 9.64 Å². The number of ether oxygens (including phenoxy) is 1. The van der Waals surface area contributed by atoms with Crippen molar-refractivity contribution in [3.8, 4) is 0 Å². The molecule has 1 fully saturated rings. The van der Waals surface area contributed by atoms with Crippen LogP contribution in [0.1, 0.15) is 21.5 Å². The molecule has 0 radical (unpaired) electrons. The summed E-state index contributed by atoms with van der Waals surface area (Å²) in [6.45, 7) is 5.41. The van der Waals surface area contributed by atoms with Crippen LogP contribution in [0.3, 0.4) is 0 Å². The van der Waals surface area contributed by atoms with Crippen LogP contribution in [-0.2, 0) is 27.8 Å². The van der Waals surface area contributed by atoms with Gasteiger partial charge in [-0.3, -0.25) is 4.90 Å². The Bertz CT molecular complexity index is 919. The molecule has 1 aliphatic heterocycles. The molecule has 2 aromatic rings. The normalized spacial score (nSPS) is 15.9. The standard InChI is InChI=1S/C21H27N3O4S/c1-23-11-13-24(14-12-23)16-18-5-3-17(4-6-18)15-22-29(26,27)20-9-7-19(8-10-20)21(25)28-2/h3-10,22H,11-16H2,1-2H3. The first-order chi connectivity index (χ1) is 13.9. The van der Waals surface area contributed by atoms with Crippen molar-refractivity contribution in [2.75, 3.05) is 40.3 Å². The smallest absolute Gasteiger partial charge is 0.337 e. The monoisotopic (exact) mass is 417 g/mol. The van der Waals surface area contributed by atoms with Gasteiger partial charge in [-0.15, -0.1) is 0 Å². The number of esters is 1. The molecular formula is C21H27N3O4S. The molecule has 2 aromatic carbocycles. The lowest BCUT2D eigenvalue weighted by molar-refractivity contribution is 0.0600. The van der Waals surface area contributed by atoms with Gasteiger partial charge in [-0.1, -0.05) is 24.3 Å². The Morgan fingerprint density at radius 3 is 2.14 bits per heavy atom. The number of sulfonamides is 1. The SMILES string of the molecule is COC(=O)c1ccc(S(=O)(=O)NCc2ccc(CN3CCN(C)CC3)cc2)cc1. The van der Waals surface area contributed by atoms with E-state index < -0.39 is 16.0 Å². The van der Waals surface area contributed by atoms with Gasteiger partial charge in [0.1, 0.15) is 0 Å². The third kappa shape index (κ3) is 5.86.